The van der Waals surface area contributed by atoms with Crippen LogP contribution in [0.25, 0.3) is 0 Å². The predicted molar refractivity (Wildman–Crippen MR) is 80.0 cm³/mol. The van der Waals surface area contributed by atoms with Crippen molar-refractivity contribution in [3.8, 4) is 0 Å². The van der Waals surface area contributed by atoms with Crippen LogP contribution in [0.15, 0.2) is 54.6 Å². The van der Waals surface area contributed by atoms with Crippen LogP contribution in [0.1, 0.15) is 29.2 Å². The van der Waals surface area contributed by atoms with Gasteiger partial charge in [0.05, 0.1) is 20.1 Å². The maximum atomic E-state index is 2.39. The molecule has 3 rings (SSSR count). The number of rotatable bonds is 3. The Hall–Kier alpha value is -1.60. The number of hydrogen-bond donors (Lipinski definition) is 0. The van der Waals surface area contributed by atoms with E-state index in [9.17, 15) is 0 Å². The first-order valence-electron chi connectivity index (χ1n) is 7.15. The van der Waals surface area contributed by atoms with Crippen molar-refractivity contribution in [1.82, 2.24) is 0 Å². The highest BCUT2D eigenvalue weighted by atomic mass is 15.4. The molecule has 1 aliphatic heterocycles. The van der Waals surface area contributed by atoms with Gasteiger partial charge in [-0.3, -0.25) is 0 Å². The van der Waals surface area contributed by atoms with E-state index in [0.717, 1.165) is 4.48 Å². The molecule has 1 aliphatic rings. The molecule has 98 valence electrons. The van der Waals surface area contributed by atoms with E-state index in [1.807, 2.05) is 0 Å². The van der Waals surface area contributed by atoms with Crippen LogP contribution in [0, 0.1) is 6.92 Å². The van der Waals surface area contributed by atoms with E-state index in [0.29, 0.717) is 6.04 Å². The topological polar surface area (TPSA) is 0 Å². The molecule has 1 heterocycles. The van der Waals surface area contributed by atoms with E-state index >= 15 is 0 Å². The van der Waals surface area contributed by atoms with Gasteiger partial charge in [0, 0.05) is 17.5 Å². The molecule has 1 unspecified atom stereocenters. The third-order valence-electron chi connectivity index (χ3n) is 4.47. The van der Waals surface area contributed by atoms with Crippen LogP contribution in [-0.4, -0.2) is 24.6 Å². The molecule has 0 aromatic heterocycles. The van der Waals surface area contributed by atoms with E-state index in [1.54, 1.807) is 0 Å². The second-order valence-electron chi connectivity index (χ2n) is 6.00. The van der Waals surface area contributed by atoms with E-state index < -0.39 is 0 Å². The SMILES string of the molecule is Cc1ccc(C(c2ccccc2)[N+]2(C)CCC2)cc1. The first kappa shape index (κ1) is 12.4. The number of quaternary nitrogens is 1. The minimum Gasteiger partial charge on any atom is -0.316 e. The molecule has 19 heavy (non-hydrogen) atoms. The van der Waals surface area contributed by atoms with Crippen LogP contribution >= 0.6 is 0 Å². The minimum atomic E-state index is 0.482. The van der Waals surface area contributed by atoms with Gasteiger partial charge < -0.3 is 4.48 Å². The van der Waals surface area contributed by atoms with Crippen LogP contribution in [0.5, 0.6) is 0 Å². The molecule has 0 aliphatic carbocycles. The van der Waals surface area contributed by atoms with E-state index in [-0.39, 0.29) is 0 Å². The van der Waals surface area contributed by atoms with Crippen molar-refractivity contribution in [3.63, 3.8) is 0 Å². The first-order valence-corrected chi connectivity index (χ1v) is 7.15. The molecule has 0 radical (unpaired) electrons. The third kappa shape index (κ3) is 2.31. The molecule has 0 N–H and O–H groups in total. The van der Waals surface area contributed by atoms with Gasteiger partial charge in [-0.1, -0.05) is 60.2 Å². The molecule has 1 fully saturated rings. The van der Waals surface area contributed by atoms with E-state index in [2.05, 4.69) is 68.6 Å². The van der Waals surface area contributed by atoms with Gasteiger partial charge in [0.15, 0.2) is 0 Å². The Morgan fingerprint density at radius 2 is 1.42 bits per heavy atom. The molecular weight excluding hydrogens is 230 g/mol. The first-order chi connectivity index (χ1) is 9.19. The summed E-state index contributed by atoms with van der Waals surface area (Å²) in [5.41, 5.74) is 4.22. The molecular formula is C18H22N+. The van der Waals surface area contributed by atoms with Crippen molar-refractivity contribution >= 4 is 0 Å². The average Bonchev–Trinajstić information content (AvgIpc) is 2.41. The van der Waals surface area contributed by atoms with Crippen LogP contribution < -0.4 is 0 Å². The van der Waals surface area contributed by atoms with Gasteiger partial charge in [-0.15, -0.1) is 0 Å². The molecule has 1 atom stereocenters. The normalized spacial score (nSPS) is 18.6. The number of nitrogens with zero attached hydrogens (tertiary/aromatic N) is 1. The standard InChI is InChI=1S/C18H22N/c1-15-9-11-17(12-10-15)18(19(2)13-6-14-19)16-7-4-3-5-8-16/h3-5,7-12,18H,6,13-14H2,1-2H3/q+1. The summed E-state index contributed by atoms with van der Waals surface area (Å²) in [6, 6.07) is 20.5. The summed E-state index contributed by atoms with van der Waals surface area (Å²) in [7, 11) is 2.39. The number of aryl methyl sites for hydroxylation is 1. The lowest BCUT2D eigenvalue weighted by Crippen LogP contribution is -2.56. The third-order valence-corrected chi connectivity index (χ3v) is 4.47. The molecule has 0 spiro atoms. The second kappa shape index (κ2) is 4.82. The van der Waals surface area contributed by atoms with Gasteiger partial charge in [0.2, 0.25) is 0 Å². The zero-order valence-electron chi connectivity index (χ0n) is 11.8. The largest absolute Gasteiger partial charge is 0.316 e. The lowest BCUT2D eigenvalue weighted by molar-refractivity contribution is -0.969. The van der Waals surface area contributed by atoms with Crippen molar-refractivity contribution in [2.24, 2.45) is 0 Å². The fraction of sp³-hybridized carbons (Fsp3) is 0.333. The van der Waals surface area contributed by atoms with E-state index in [1.165, 1.54) is 36.2 Å². The lowest BCUT2D eigenvalue weighted by atomic mass is 9.91. The molecule has 0 bridgehead atoms. The van der Waals surface area contributed by atoms with E-state index in [4.69, 9.17) is 0 Å². The van der Waals surface area contributed by atoms with Crippen LogP contribution in [0.3, 0.4) is 0 Å². The highest BCUT2D eigenvalue weighted by Crippen LogP contribution is 2.38. The van der Waals surface area contributed by atoms with Crippen molar-refractivity contribution in [3.05, 3.63) is 71.3 Å². The summed E-state index contributed by atoms with van der Waals surface area (Å²) in [6.07, 6.45) is 1.35. The smallest absolute Gasteiger partial charge is 0.140 e. The summed E-state index contributed by atoms with van der Waals surface area (Å²) < 4.78 is 1.15. The monoisotopic (exact) mass is 252 g/mol. The minimum absolute atomic E-state index is 0.482. The lowest BCUT2D eigenvalue weighted by Gasteiger charge is -2.48. The van der Waals surface area contributed by atoms with Crippen LogP contribution in [0.2, 0.25) is 0 Å². The Bertz CT molecular complexity index is 538. The Morgan fingerprint density at radius 3 is 1.95 bits per heavy atom. The van der Waals surface area contributed by atoms with Crippen molar-refractivity contribution < 1.29 is 4.48 Å². The fourth-order valence-corrected chi connectivity index (χ4v) is 3.21. The highest BCUT2D eigenvalue weighted by molar-refractivity contribution is 5.32. The van der Waals surface area contributed by atoms with Gasteiger partial charge in [-0.25, -0.2) is 0 Å². The Balaban J connectivity index is 2.04. The van der Waals surface area contributed by atoms with Crippen molar-refractivity contribution in [2.75, 3.05) is 20.1 Å². The van der Waals surface area contributed by atoms with Crippen LogP contribution in [-0.2, 0) is 0 Å². The highest BCUT2D eigenvalue weighted by Gasteiger charge is 2.40. The Morgan fingerprint density at radius 1 is 0.842 bits per heavy atom. The fourth-order valence-electron chi connectivity index (χ4n) is 3.21. The number of benzene rings is 2. The zero-order valence-corrected chi connectivity index (χ0v) is 11.8. The summed E-state index contributed by atoms with van der Waals surface area (Å²) in [5, 5.41) is 0. The summed E-state index contributed by atoms with van der Waals surface area (Å²) in [5.74, 6) is 0. The van der Waals surface area contributed by atoms with Gasteiger partial charge >= 0.3 is 0 Å². The van der Waals surface area contributed by atoms with Crippen molar-refractivity contribution in [2.45, 2.75) is 19.4 Å². The van der Waals surface area contributed by atoms with Gasteiger partial charge in [0.25, 0.3) is 0 Å². The second-order valence-corrected chi connectivity index (χ2v) is 6.00. The van der Waals surface area contributed by atoms with Crippen molar-refractivity contribution in [1.29, 1.82) is 0 Å². The molecule has 2 aromatic carbocycles. The quantitative estimate of drug-likeness (QED) is 0.726. The maximum absolute atomic E-state index is 2.39. The number of hydrogen-bond acceptors (Lipinski definition) is 0. The predicted octanol–water partition coefficient (Wildman–Crippen LogP) is 3.93. The Kier molecular flexibility index (Phi) is 3.16. The summed E-state index contributed by atoms with van der Waals surface area (Å²) >= 11 is 0. The van der Waals surface area contributed by atoms with Gasteiger partial charge in [-0.2, -0.15) is 0 Å². The molecule has 0 saturated carbocycles. The molecule has 1 saturated heterocycles. The molecule has 1 heteroatoms. The van der Waals surface area contributed by atoms with Gasteiger partial charge in [-0.05, 0) is 6.92 Å². The average molecular weight is 252 g/mol. The summed E-state index contributed by atoms with van der Waals surface area (Å²) in [4.78, 5) is 0. The molecule has 1 nitrogen and oxygen atoms in total. The molecule has 0 amide bonds. The zero-order chi connectivity index (χ0) is 13.3. The van der Waals surface area contributed by atoms with Gasteiger partial charge in [0.1, 0.15) is 6.04 Å². The molecule has 2 aromatic rings. The Labute approximate surface area is 116 Å². The summed E-state index contributed by atoms with van der Waals surface area (Å²) in [6.45, 7) is 4.72. The van der Waals surface area contributed by atoms with Crippen LogP contribution in [0.4, 0.5) is 0 Å². The number of likely N-dealkylation sites (tertiary alicyclic amines) is 1. The maximum Gasteiger partial charge on any atom is 0.140 e.